The summed E-state index contributed by atoms with van der Waals surface area (Å²) in [5.41, 5.74) is -0.902. The SMILES string of the molecule is O=C(NC[C@@](O)(c1ccsc1)c1cccs1)C(=O)Nc1ccccc1F. The lowest BCUT2D eigenvalue weighted by molar-refractivity contribution is -0.136. The zero-order valence-corrected chi connectivity index (χ0v) is 15.1. The molecule has 3 rings (SSSR count). The van der Waals surface area contributed by atoms with Gasteiger partial charge in [-0.15, -0.1) is 11.3 Å². The molecule has 0 spiro atoms. The lowest BCUT2D eigenvalue weighted by Crippen LogP contribution is -2.44. The Morgan fingerprint density at radius 3 is 2.54 bits per heavy atom. The number of para-hydroxylation sites is 1. The molecule has 2 aromatic heterocycles. The summed E-state index contributed by atoms with van der Waals surface area (Å²) in [5.74, 6) is -2.60. The summed E-state index contributed by atoms with van der Waals surface area (Å²) in [6.45, 7) is -0.187. The van der Waals surface area contributed by atoms with Gasteiger partial charge in [-0.05, 0) is 40.4 Å². The Kier molecular flexibility index (Phi) is 5.46. The third kappa shape index (κ3) is 3.82. The fourth-order valence-electron chi connectivity index (χ4n) is 2.38. The van der Waals surface area contributed by atoms with Crippen molar-refractivity contribution in [3.05, 3.63) is 74.9 Å². The fraction of sp³-hybridized carbons (Fsp3) is 0.111. The van der Waals surface area contributed by atoms with Gasteiger partial charge in [-0.1, -0.05) is 18.2 Å². The monoisotopic (exact) mass is 390 g/mol. The highest BCUT2D eigenvalue weighted by atomic mass is 32.1. The number of amides is 2. The number of carbonyl (C=O) groups is 2. The molecule has 0 aliphatic carbocycles. The first-order valence-electron chi connectivity index (χ1n) is 7.63. The van der Waals surface area contributed by atoms with Crippen molar-refractivity contribution in [3.63, 3.8) is 0 Å². The molecule has 5 nitrogen and oxygen atoms in total. The van der Waals surface area contributed by atoms with Crippen molar-refractivity contribution >= 4 is 40.2 Å². The first-order valence-corrected chi connectivity index (χ1v) is 9.46. The predicted octanol–water partition coefficient (Wildman–Crippen LogP) is 2.94. The molecule has 3 aromatic rings. The number of aliphatic hydroxyl groups is 1. The molecule has 0 saturated heterocycles. The van der Waals surface area contributed by atoms with Crippen molar-refractivity contribution in [1.82, 2.24) is 5.32 Å². The van der Waals surface area contributed by atoms with Crippen LogP contribution in [0.4, 0.5) is 10.1 Å². The second-order valence-corrected chi connectivity index (χ2v) is 7.19. The molecule has 1 aromatic carbocycles. The maximum atomic E-state index is 13.6. The first-order chi connectivity index (χ1) is 12.5. The van der Waals surface area contributed by atoms with E-state index in [1.165, 1.54) is 40.9 Å². The van der Waals surface area contributed by atoms with Crippen LogP contribution in [-0.2, 0) is 15.2 Å². The van der Waals surface area contributed by atoms with Gasteiger partial charge < -0.3 is 15.7 Å². The van der Waals surface area contributed by atoms with Gasteiger partial charge in [0.1, 0.15) is 11.4 Å². The number of halogens is 1. The highest BCUT2D eigenvalue weighted by Crippen LogP contribution is 2.33. The summed E-state index contributed by atoms with van der Waals surface area (Å²) in [7, 11) is 0. The average Bonchev–Trinajstić information content (AvgIpc) is 3.35. The van der Waals surface area contributed by atoms with Crippen molar-refractivity contribution in [2.24, 2.45) is 0 Å². The number of anilines is 1. The molecule has 0 saturated carbocycles. The van der Waals surface area contributed by atoms with Gasteiger partial charge in [0, 0.05) is 10.4 Å². The molecule has 2 amide bonds. The lowest BCUT2D eigenvalue weighted by atomic mass is 9.94. The van der Waals surface area contributed by atoms with Gasteiger partial charge in [0.15, 0.2) is 0 Å². The minimum atomic E-state index is -1.44. The number of hydrogen-bond acceptors (Lipinski definition) is 5. The summed E-state index contributed by atoms with van der Waals surface area (Å²) in [4.78, 5) is 24.7. The van der Waals surface area contributed by atoms with Crippen molar-refractivity contribution in [1.29, 1.82) is 0 Å². The Bertz CT molecular complexity index is 861. The van der Waals surface area contributed by atoms with E-state index in [2.05, 4.69) is 10.6 Å². The molecule has 0 radical (unpaired) electrons. The summed E-state index contributed by atoms with van der Waals surface area (Å²) in [6, 6.07) is 10.9. The number of nitrogens with one attached hydrogen (secondary N) is 2. The van der Waals surface area contributed by atoms with Crippen LogP contribution < -0.4 is 10.6 Å². The summed E-state index contributed by atoms with van der Waals surface area (Å²) in [6.07, 6.45) is 0. The zero-order valence-electron chi connectivity index (χ0n) is 13.4. The molecule has 0 bridgehead atoms. The third-order valence-corrected chi connectivity index (χ3v) is 5.46. The van der Waals surface area contributed by atoms with Gasteiger partial charge in [0.2, 0.25) is 0 Å². The second kappa shape index (κ2) is 7.77. The zero-order chi connectivity index (χ0) is 18.6. The van der Waals surface area contributed by atoms with Gasteiger partial charge in [-0.25, -0.2) is 4.39 Å². The van der Waals surface area contributed by atoms with E-state index in [0.29, 0.717) is 10.4 Å². The van der Waals surface area contributed by atoms with Crippen LogP contribution in [0.3, 0.4) is 0 Å². The van der Waals surface area contributed by atoms with Crippen LogP contribution in [-0.4, -0.2) is 23.5 Å². The van der Waals surface area contributed by atoms with Crippen LogP contribution in [0.2, 0.25) is 0 Å². The van der Waals surface area contributed by atoms with Crippen molar-refractivity contribution < 1.29 is 19.1 Å². The summed E-state index contributed by atoms with van der Waals surface area (Å²) >= 11 is 2.76. The molecule has 1 atom stereocenters. The highest BCUT2D eigenvalue weighted by Gasteiger charge is 2.34. The van der Waals surface area contributed by atoms with Gasteiger partial charge in [-0.2, -0.15) is 11.3 Å². The van der Waals surface area contributed by atoms with E-state index >= 15 is 0 Å². The van der Waals surface area contributed by atoms with Crippen LogP contribution in [0.25, 0.3) is 0 Å². The standard InChI is InChI=1S/C18H15FN2O3S2/c19-13-4-1-2-5-14(13)21-17(23)16(22)20-11-18(24,12-7-9-25-10-12)15-6-3-8-26-15/h1-10,24H,11H2,(H,20,22)(H,21,23)/t18-/m1/s1. The molecule has 26 heavy (non-hydrogen) atoms. The Labute approximate surface area is 157 Å². The van der Waals surface area contributed by atoms with E-state index in [1.807, 2.05) is 10.8 Å². The molecular weight excluding hydrogens is 375 g/mol. The van der Waals surface area contributed by atoms with E-state index in [4.69, 9.17) is 0 Å². The molecule has 0 aliphatic heterocycles. The Balaban J connectivity index is 1.70. The number of thiophene rings is 2. The molecule has 134 valence electrons. The molecule has 0 aliphatic rings. The lowest BCUT2D eigenvalue weighted by Gasteiger charge is -2.26. The van der Waals surface area contributed by atoms with Crippen molar-refractivity contribution in [2.75, 3.05) is 11.9 Å². The highest BCUT2D eigenvalue weighted by molar-refractivity contribution is 7.10. The van der Waals surface area contributed by atoms with Crippen LogP contribution in [0.5, 0.6) is 0 Å². The smallest absolute Gasteiger partial charge is 0.313 e. The largest absolute Gasteiger partial charge is 0.378 e. The van der Waals surface area contributed by atoms with Crippen LogP contribution in [0.1, 0.15) is 10.4 Å². The summed E-state index contributed by atoms with van der Waals surface area (Å²) < 4.78 is 13.6. The quantitative estimate of drug-likeness (QED) is 0.586. The van der Waals surface area contributed by atoms with E-state index in [-0.39, 0.29) is 12.2 Å². The third-order valence-electron chi connectivity index (χ3n) is 3.76. The molecule has 2 heterocycles. The van der Waals surface area contributed by atoms with Crippen LogP contribution >= 0.6 is 22.7 Å². The second-order valence-electron chi connectivity index (χ2n) is 5.47. The van der Waals surface area contributed by atoms with E-state index in [0.717, 1.165) is 0 Å². The number of rotatable bonds is 5. The van der Waals surface area contributed by atoms with Gasteiger partial charge >= 0.3 is 11.8 Å². The van der Waals surface area contributed by atoms with E-state index in [9.17, 15) is 19.1 Å². The van der Waals surface area contributed by atoms with Crippen molar-refractivity contribution in [3.8, 4) is 0 Å². The number of carbonyl (C=O) groups excluding carboxylic acids is 2. The minimum absolute atomic E-state index is 0.0843. The van der Waals surface area contributed by atoms with E-state index in [1.54, 1.807) is 29.6 Å². The van der Waals surface area contributed by atoms with Crippen molar-refractivity contribution in [2.45, 2.75) is 5.60 Å². The van der Waals surface area contributed by atoms with Gasteiger partial charge in [0.25, 0.3) is 0 Å². The number of benzene rings is 1. The number of hydrogen-bond donors (Lipinski definition) is 3. The Hall–Kier alpha value is -2.55. The Morgan fingerprint density at radius 1 is 1.08 bits per heavy atom. The maximum absolute atomic E-state index is 13.6. The fourth-order valence-corrected chi connectivity index (χ4v) is 3.95. The van der Waals surface area contributed by atoms with Gasteiger partial charge in [0.05, 0.1) is 12.2 Å². The predicted molar refractivity (Wildman–Crippen MR) is 99.7 cm³/mol. The van der Waals surface area contributed by atoms with Gasteiger partial charge in [-0.3, -0.25) is 9.59 Å². The molecule has 0 unspecified atom stereocenters. The topological polar surface area (TPSA) is 78.4 Å². The molecular formula is C18H15FN2O3S2. The normalized spacial score (nSPS) is 13.0. The van der Waals surface area contributed by atoms with Crippen LogP contribution in [0.15, 0.2) is 58.6 Å². The minimum Gasteiger partial charge on any atom is -0.378 e. The maximum Gasteiger partial charge on any atom is 0.313 e. The average molecular weight is 390 g/mol. The Morgan fingerprint density at radius 2 is 1.88 bits per heavy atom. The molecule has 0 fully saturated rings. The molecule has 3 N–H and O–H groups in total. The summed E-state index contributed by atoms with van der Waals surface area (Å²) in [5, 5.41) is 21.2. The first kappa shape index (κ1) is 18.2. The molecule has 8 heteroatoms. The van der Waals surface area contributed by atoms with Crippen LogP contribution in [0, 0.1) is 5.82 Å². The van der Waals surface area contributed by atoms with E-state index < -0.39 is 23.2 Å².